The highest BCUT2D eigenvalue weighted by Gasteiger charge is 2.17. The van der Waals surface area contributed by atoms with Gasteiger partial charge in [-0.2, -0.15) is 0 Å². The van der Waals surface area contributed by atoms with E-state index in [0.29, 0.717) is 18.5 Å². The van der Waals surface area contributed by atoms with E-state index in [1.165, 1.54) is 11.0 Å². The van der Waals surface area contributed by atoms with Gasteiger partial charge in [0.15, 0.2) is 0 Å². The average molecular weight is 265 g/mol. The van der Waals surface area contributed by atoms with Crippen LogP contribution in [0.25, 0.3) is 0 Å². The molecule has 0 saturated carbocycles. The van der Waals surface area contributed by atoms with Crippen LogP contribution in [0.15, 0.2) is 24.3 Å². The fraction of sp³-hybridized carbons (Fsp3) is 0.462. The minimum absolute atomic E-state index is 0.0361. The van der Waals surface area contributed by atoms with Crippen LogP contribution in [-0.2, 0) is 11.3 Å². The van der Waals surface area contributed by atoms with Crippen LogP contribution in [0.3, 0.4) is 0 Å². The topological polar surface area (TPSA) is 89.5 Å². The van der Waals surface area contributed by atoms with Crippen LogP contribution >= 0.6 is 0 Å². The van der Waals surface area contributed by atoms with Crippen molar-refractivity contribution in [2.24, 2.45) is 11.7 Å². The van der Waals surface area contributed by atoms with Crippen molar-refractivity contribution in [3.63, 3.8) is 0 Å². The van der Waals surface area contributed by atoms with Gasteiger partial charge >= 0.3 is 0 Å². The predicted molar refractivity (Wildman–Crippen MR) is 72.4 cm³/mol. The van der Waals surface area contributed by atoms with E-state index in [9.17, 15) is 14.9 Å². The van der Waals surface area contributed by atoms with Crippen LogP contribution in [-0.4, -0.2) is 29.3 Å². The number of para-hydroxylation sites is 1. The maximum Gasteiger partial charge on any atom is 0.274 e. The van der Waals surface area contributed by atoms with E-state index in [-0.39, 0.29) is 24.1 Å². The number of nitro benzene ring substituents is 1. The van der Waals surface area contributed by atoms with E-state index in [1.54, 1.807) is 25.2 Å². The van der Waals surface area contributed by atoms with Gasteiger partial charge < -0.3 is 10.6 Å². The van der Waals surface area contributed by atoms with Crippen LogP contribution in [0.5, 0.6) is 0 Å². The van der Waals surface area contributed by atoms with Gasteiger partial charge in [-0.3, -0.25) is 14.9 Å². The first kappa shape index (κ1) is 15.1. The summed E-state index contributed by atoms with van der Waals surface area (Å²) in [7, 11) is 1.64. The summed E-state index contributed by atoms with van der Waals surface area (Å²) in [4.78, 5) is 23.8. The molecule has 6 heteroatoms. The second-order valence-electron chi connectivity index (χ2n) is 4.68. The molecule has 1 atom stereocenters. The average Bonchev–Trinajstić information content (AvgIpc) is 2.38. The molecule has 1 aromatic rings. The lowest BCUT2D eigenvalue weighted by atomic mass is 10.1. The zero-order valence-electron chi connectivity index (χ0n) is 11.2. The molecule has 1 rings (SSSR count). The number of nitrogens with two attached hydrogens (primary N) is 1. The Morgan fingerprint density at radius 3 is 2.68 bits per heavy atom. The van der Waals surface area contributed by atoms with Crippen LogP contribution in [0.2, 0.25) is 0 Å². The first-order chi connectivity index (χ1) is 8.95. The lowest BCUT2D eigenvalue weighted by molar-refractivity contribution is -0.385. The molecule has 0 aliphatic carbocycles. The van der Waals surface area contributed by atoms with E-state index in [0.717, 1.165) is 0 Å². The van der Waals surface area contributed by atoms with E-state index in [2.05, 4.69) is 0 Å². The summed E-state index contributed by atoms with van der Waals surface area (Å²) >= 11 is 0. The number of carbonyl (C=O) groups is 1. The molecule has 0 bridgehead atoms. The van der Waals surface area contributed by atoms with Gasteiger partial charge in [-0.15, -0.1) is 0 Å². The van der Waals surface area contributed by atoms with Gasteiger partial charge in [-0.1, -0.05) is 25.1 Å². The van der Waals surface area contributed by atoms with Crippen LogP contribution in [0.1, 0.15) is 18.9 Å². The number of amides is 1. The standard InChI is InChI=1S/C13H19N3O3/c1-10(8-14)7-13(17)15(2)9-11-5-3-4-6-12(11)16(18)19/h3-6,10H,7-9,14H2,1-2H3. The maximum atomic E-state index is 11.9. The van der Waals surface area contributed by atoms with Crippen molar-refractivity contribution in [1.82, 2.24) is 4.90 Å². The van der Waals surface area contributed by atoms with Gasteiger partial charge in [0.25, 0.3) is 5.69 Å². The van der Waals surface area contributed by atoms with Crippen LogP contribution < -0.4 is 5.73 Å². The molecule has 0 fully saturated rings. The summed E-state index contributed by atoms with van der Waals surface area (Å²) in [6, 6.07) is 6.44. The van der Waals surface area contributed by atoms with Crippen LogP contribution in [0.4, 0.5) is 5.69 Å². The first-order valence-electron chi connectivity index (χ1n) is 6.12. The normalized spacial score (nSPS) is 11.9. The molecule has 0 aliphatic heterocycles. The van der Waals surface area contributed by atoms with E-state index >= 15 is 0 Å². The van der Waals surface area contributed by atoms with Gasteiger partial charge in [0.2, 0.25) is 5.91 Å². The van der Waals surface area contributed by atoms with Crippen molar-refractivity contribution in [2.75, 3.05) is 13.6 Å². The van der Waals surface area contributed by atoms with Crippen molar-refractivity contribution in [3.8, 4) is 0 Å². The Balaban J connectivity index is 2.74. The molecule has 1 aromatic carbocycles. The summed E-state index contributed by atoms with van der Waals surface area (Å²) in [6.07, 6.45) is 0.355. The fourth-order valence-electron chi connectivity index (χ4n) is 1.70. The van der Waals surface area contributed by atoms with Gasteiger partial charge in [0, 0.05) is 25.1 Å². The van der Waals surface area contributed by atoms with E-state index in [1.807, 2.05) is 6.92 Å². The van der Waals surface area contributed by atoms with Crippen molar-refractivity contribution >= 4 is 11.6 Å². The molecule has 0 heterocycles. The van der Waals surface area contributed by atoms with Crippen molar-refractivity contribution in [3.05, 3.63) is 39.9 Å². The number of hydrogen-bond donors (Lipinski definition) is 1. The number of benzene rings is 1. The number of hydrogen-bond acceptors (Lipinski definition) is 4. The third-order valence-corrected chi connectivity index (χ3v) is 2.95. The number of nitrogens with zero attached hydrogens (tertiary/aromatic N) is 2. The second kappa shape index (κ2) is 6.84. The Hall–Kier alpha value is -1.95. The summed E-state index contributed by atoms with van der Waals surface area (Å²) in [5, 5.41) is 10.9. The van der Waals surface area contributed by atoms with E-state index < -0.39 is 4.92 Å². The van der Waals surface area contributed by atoms with Gasteiger partial charge in [0.05, 0.1) is 11.5 Å². The number of nitro groups is 1. The molecule has 6 nitrogen and oxygen atoms in total. The minimum atomic E-state index is -0.434. The van der Waals surface area contributed by atoms with Gasteiger partial charge in [-0.05, 0) is 12.5 Å². The summed E-state index contributed by atoms with van der Waals surface area (Å²) in [6.45, 7) is 2.58. The zero-order valence-corrected chi connectivity index (χ0v) is 11.2. The Morgan fingerprint density at radius 2 is 2.11 bits per heavy atom. The monoisotopic (exact) mass is 265 g/mol. The molecule has 1 unspecified atom stereocenters. The quantitative estimate of drug-likeness (QED) is 0.624. The summed E-state index contributed by atoms with van der Waals surface area (Å²) < 4.78 is 0. The third kappa shape index (κ3) is 4.33. The fourth-order valence-corrected chi connectivity index (χ4v) is 1.70. The smallest absolute Gasteiger partial charge is 0.274 e. The predicted octanol–water partition coefficient (Wildman–Crippen LogP) is 1.54. The first-order valence-corrected chi connectivity index (χ1v) is 6.12. The molecule has 1 amide bonds. The Labute approximate surface area is 112 Å². The Bertz CT molecular complexity index is 462. The van der Waals surface area contributed by atoms with Gasteiger partial charge in [0.1, 0.15) is 0 Å². The van der Waals surface area contributed by atoms with Crippen LogP contribution in [0, 0.1) is 16.0 Å². The molecular weight excluding hydrogens is 246 g/mol. The molecular formula is C13H19N3O3. The third-order valence-electron chi connectivity index (χ3n) is 2.95. The van der Waals surface area contributed by atoms with Crippen molar-refractivity contribution in [1.29, 1.82) is 0 Å². The van der Waals surface area contributed by atoms with Gasteiger partial charge in [-0.25, -0.2) is 0 Å². The molecule has 0 saturated heterocycles. The lowest BCUT2D eigenvalue weighted by Gasteiger charge is -2.19. The molecule has 2 N–H and O–H groups in total. The molecule has 0 radical (unpaired) electrons. The highest BCUT2D eigenvalue weighted by atomic mass is 16.6. The molecule has 0 aromatic heterocycles. The highest BCUT2D eigenvalue weighted by Crippen LogP contribution is 2.19. The molecule has 104 valence electrons. The Morgan fingerprint density at radius 1 is 1.47 bits per heavy atom. The highest BCUT2D eigenvalue weighted by molar-refractivity contribution is 5.76. The van der Waals surface area contributed by atoms with Crippen molar-refractivity contribution < 1.29 is 9.72 Å². The lowest BCUT2D eigenvalue weighted by Crippen LogP contribution is -2.29. The number of carbonyl (C=O) groups excluding carboxylic acids is 1. The second-order valence-corrected chi connectivity index (χ2v) is 4.68. The summed E-state index contributed by atoms with van der Waals surface area (Å²) in [5.74, 6) is 0.0526. The molecule has 19 heavy (non-hydrogen) atoms. The SMILES string of the molecule is CC(CN)CC(=O)N(C)Cc1ccccc1[N+](=O)[O-]. The Kier molecular flexibility index (Phi) is 5.44. The largest absolute Gasteiger partial charge is 0.341 e. The minimum Gasteiger partial charge on any atom is -0.341 e. The van der Waals surface area contributed by atoms with Crippen molar-refractivity contribution in [2.45, 2.75) is 19.9 Å². The maximum absolute atomic E-state index is 11.9. The zero-order chi connectivity index (χ0) is 14.4. The molecule has 0 aliphatic rings. The molecule has 0 spiro atoms. The summed E-state index contributed by atoms with van der Waals surface area (Å²) in [5.41, 5.74) is 6.04. The van der Waals surface area contributed by atoms with E-state index in [4.69, 9.17) is 5.73 Å². The number of rotatable bonds is 6.